The first-order valence-electron chi connectivity index (χ1n) is 7.45. The molecule has 0 saturated heterocycles. The standard InChI is InChI=1S/C17H14Cl2N2O5/c1-10(17(23)20-14-8-12(18)7-13(19)9-14)26-16(22)6-11-4-2-3-5-15(11)21(24)25/h2-5,7-10H,6H2,1H3,(H,20,23)/t10-/m0/s1. The van der Waals surface area contributed by atoms with Gasteiger partial charge < -0.3 is 10.1 Å². The molecule has 0 spiro atoms. The highest BCUT2D eigenvalue weighted by Gasteiger charge is 2.21. The number of nitrogens with zero attached hydrogens (tertiary/aromatic N) is 1. The number of halogens is 2. The third-order valence-corrected chi connectivity index (χ3v) is 3.77. The van der Waals surface area contributed by atoms with Gasteiger partial charge in [-0.3, -0.25) is 19.7 Å². The quantitative estimate of drug-likeness (QED) is 0.451. The largest absolute Gasteiger partial charge is 0.452 e. The van der Waals surface area contributed by atoms with Gasteiger partial charge in [0.1, 0.15) is 0 Å². The molecule has 0 unspecified atom stereocenters. The van der Waals surface area contributed by atoms with Gasteiger partial charge in [-0.05, 0) is 25.1 Å². The van der Waals surface area contributed by atoms with Gasteiger partial charge in [-0.15, -0.1) is 0 Å². The van der Waals surface area contributed by atoms with E-state index in [2.05, 4.69) is 5.32 Å². The first-order valence-corrected chi connectivity index (χ1v) is 8.20. The second kappa shape index (κ2) is 8.64. The minimum atomic E-state index is -1.11. The number of carbonyl (C=O) groups excluding carboxylic acids is 2. The first-order chi connectivity index (χ1) is 12.3. The number of ether oxygens (including phenoxy) is 1. The first kappa shape index (κ1) is 19.7. The lowest BCUT2D eigenvalue weighted by atomic mass is 10.1. The maximum atomic E-state index is 12.1. The topological polar surface area (TPSA) is 98.5 Å². The van der Waals surface area contributed by atoms with Crippen LogP contribution in [0.15, 0.2) is 42.5 Å². The number of rotatable bonds is 6. The highest BCUT2D eigenvalue weighted by atomic mass is 35.5. The molecule has 1 amide bonds. The van der Waals surface area contributed by atoms with Crippen LogP contribution in [0.3, 0.4) is 0 Å². The van der Waals surface area contributed by atoms with E-state index in [4.69, 9.17) is 27.9 Å². The van der Waals surface area contributed by atoms with E-state index in [1.54, 1.807) is 6.07 Å². The molecule has 0 bridgehead atoms. The van der Waals surface area contributed by atoms with Gasteiger partial charge in [-0.2, -0.15) is 0 Å². The highest BCUT2D eigenvalue weighted by Crippen LogP contribution is 2.23. The molecule has 0 aliphatic rings. The van der Waals surface area contributed by atoms with E-state index >= 15 is 0 Å². The number of carbonyl (C=O) groups is 2. The van der Waals surface area contributed by atoms with Gasteiger partial charge in [0.15, 0.2) is 6.10 Å². The van der Waals surface area contributed by atoms with Gasteiger partial charge in [0, 0.05) is 27.4 Å². The van der Waals surface area contributed by atoms with Gasteiger partial charge >= 0.3 is 5.97 Å². The molecule has 0 aromatic heterocycles. The zero-order valence-corrected chi connectivity index (χ0v) is 15.1. The number of esters is 1. The van der Waals surface area contributed by atoms with Crippen LogP contribution in [0.5, 0.6) is 0 Å². The Bertz CT molecular complexity index is 837. The van der Waals surface area contributed by atoms with Gasteiger partial charge in [-0.1, -0.05) is 41.4 Å². The summed E-state index contributed by atoms with van der Waals surface area (Å²) in [4.78, 5) is 34.5. The number of benzene rings is 2. The van der Waals surface area contributed by atoms with Crippen molar-refractivity contribution >= 4 is 46.5 Å². The fourth-order valence-corrected chi connectivity index (χ4v) is 2.68. The van der Waals surface area contributed by atoms with E-state index in [9.17, 15) is 19.7 Å². The second-order valence-corrected chi connectivity index (χ2v) is 6.21. The fourth-order valence-electron chi connectivity index (χ4n) is 2.16. The number of nitrogens with one attached hydrogen (secondary N) is 1. The third kappa shape index (κ3) is 5.44. The predicted octanol–water partition coefficient (Wildman–Crippen LogP) is 4.01. The van der Waals surface area contributed by atoms with Crippen LogP contribution in [0.4, 0.5) is 11.4 Å². The van der Waals surface area contributed by atoms with Crippen LogP contribution < -0.4 is 5.32 Å². The number of amides is 1. The van der Waals surface area contributed by atoms with Gasteiger partial charge in [0.25, 0.3) is 11.6 Å². The Morgan fingerprint density at radius 2 is 1.81 bits per heavy atom. The van der Waals surface area contributed by atoms with Crippen molar-refractivity contribution in [2.24, 2.45) is 0 Å². The van der Waals surface area contributed by atoms with Crippen molar-refractivity contribution in [2.45, 2.75) is 19.4 Å². The summed E-state index contributed by atoms with van der Waals surface area (Å²) in [6.45, 7) is 1.39. The monoisotopic (exact) mass is 396 g/mol. The summed E-state index contributed by atoms with van der Waals surface area (Å²) < 4.78 is 5.04. The third-order valence-electron chi connectivity index (χ3n) is 3.33. The van der Waals surface area contributed by atoms with E-state index in [1.165, 1.54) is 43.3 Å². The zero-order valence-electron chi connectivity index (χ0n) is 13.6. The van der Waals surface area contributed by atoms with E-state index < -0.39 is 22.9 Å². The summed E-state index contributed by atoms with van der Waals surface area (Å²) >= 11 is 11.7. The molecule has 0 aliphatic heterocycles. The molecule has 7 nitrogen and oxygen atoms in total. The molecule has 1 atom stereocenters. The Morgan fingerprint density at radius 3 is 2.42 bits per heavy atom. The summed E-state index contributed by atoms with van der Waals surface area (Å²) in [5.41, 5.74) is 0.376. The molecule has 0 fully saturated rings. The van der Waals surface area contributed by atoms with Crippen molar-refractivity contribution in [3.8, 4) is 0 Å². The molecule has 0 saturated carbocycles. The smallest absolute Gasteiger partial charge is 0.311 e. The minimum absolute atomic E-state index is 0.185. The van der Waals surface area contributed by atoms with Crippen molar-refractivity contribution in [1.82, 2.24) is 0 Å². The Hall–Kier alpha value is -2.64. The van der Waals surface area contributed by atoms with Crippen molar-refractivity contribution in [3.63, 3.8) is 0 Å². The second-order valence-electron chi connectivity index (χ2n) is 5.34. The number of hydrogen-bond acceptors (Lipinski definition) is 5. The van der Waals surface area contributed by atoms with Crippen LogP contribution in [0.1, 0.15) is 12.5 Å². The molecule has 0 radical (unpaired) electrons. The van der Waals surface area contributed by atoms with Crippen molar-refractivity contribution < 1.29 is 19.2 Å². The lowest BCUT2D eigenvalue weighted by molar-refractivity contribution is -0.385. The number of nitro benzene ring substituents is 1. The average molecular weight is 397 g/mol. The SMILES string of the molecule is C[C@H](OC(=O)Cc1ccccc1[N+](=O)[O-])C(=O)Nc1cc(Cl)cc(Cl)c1. The number of para-hydroxylation sites is 1. The van der Waals surface area contributed by atoms with Crippen molar-refractivity contribution in [3.05, 3.63) is 68.2 Å². The highest BCUT2D eigenvalue weighted by molar-refractivity contribution is 6.35. The summed E-state index contributed by atoms with van der Waals surface area (Å²) in [6.07, 6.45) is -1.43. The number of nitro groups is 1. The molecule has 26 heavy (non-hydrogen) atoms. The maximum absolute atomic E-state index is 12.1. The molecule has 2 rings (SSSR count). The molecule has 0 heterocycles. The Kier molecular flexibility index (Phi) is 6.54. The Labute approximate surface area is 159 Å². The molecule has 0 aliphatic carbocycles. The van der Waals surface area contributed by atoms with E-state index in [0.717, 1.165) is 0 Å². The van der Waals surface area contributed by atoms with E-state index in [-0.39, 0.29) is 17.7 Å². The fraction of sp³-hybridized carbons (Fsp3) is 0.176. The minimum Gasteiger partial charge on any atom is -0.452 e. The van der Waals surface area contributed by atoms with E-state index in [0.29, 0.717) is 15.7 Å². The lowest BCUT2D eigenvalue weighted by Gasteiger charge is -2.14. The number of hydrogen-bond donors (Lipinski definition) is 1. The molecule has 1 N–H and O–H groups in total. The van der Waals surface area contributed by atoms with Crippen LogP contribution in [0.2, 0.25) is 10.0 Å². The summed E-state index contributed by atoms with van der Waals surface area (Å²) in [6, 6.07) is 10.3. The summed E-state index contributed by atoms with van der Waals surface area (Å²) in [7, 11) is 0. The summed E-state index contributed by atoms with van der Waals surface area (Å²) in [5, 5.41) is 14.2. The van der Waals surface area contributed by atoms with Crippen molar-refractivity contribution in [1.29, 1.82) is 0 Å². The predicted molar refractivity (Wildman–Crippen MR) is 97.4 cm³/mol. The van der Waals surface area contributed by atoms with Crippen molar-refractivity contribution in [2.75, 3.05) is 5.32 Å². The molecule has 9 heteroatoms. The van der Waals surface area contributed by atoms with Crippen LogP contribution in [-0.2, 0) is 20.7 Å². The molecule has 2 aromatic carbocycles. The summed E-state index contributed by atoms with van der Waals surface area (Å²) in [5.74, 6) is -1.34. The lowest BCUT2D eigenvalue weighted by Crippen LogP contribution is -2.30. The van der Waals surface area contributed by atoms with Crippen LogP contribution >= 0.6 is 23.2 Å². The molecule has 2 aromatic rings. The van der Waals surface area contributed by atoms with Crippen LogP contribution in [0, 0.1) is 10.1 Å². The Balaban J connectivity index is 1.98. The van der Waals surface area contributed by atoms with E-state index in [1.807, 2.05) is 0 Å². The van der Waals surface area contributed by atoms with Gasteiger partial charge in [0.2, 0.25) is 0 Å². The average Bonchev–Trinajstić information content (AvgIpc) is 2.53. The molecule has 136 valence electrons. The zero-order chi connectivity index (χ0) is 19.3. The van der Waals surface area contributed by atoms with Crippen LogP contribution in [0.25, 0.3) is 0 Å². The van der Waals surface area contributed by atoms with Gasteiger partial charge in [-0.25, -0.2) is 0 Å². The van der Waals surface area contributed by atoms with Crippen LogP contribution in [-0.4, -0.2) is 22.9 Å². The van der Waals surface area contributed by atoms with Gasteiger partial charge in [0.05, 0.1) is 11.3 Å². The maximum Gasteiger partial charge on any atom is 0.311 e. The normalized spacial score (nSPS) is 11.5. The molecular weight excluding hydrogens is 383 g/mol. The Morgan fingerprint density at radius 1 is 1.19 bits per heavy atom. The molecular formula is C17H14Cl2N2O5. The number of anilines is 1.